The Labute approximate surface area is 173 Å². The molecular formula is C22H24INO3. The van der Waals surface area contributed by atoms with Gasteiger partial charge in [-0.05, 0) is 59.0 Å². The molecule has 4 nitrogen and oxygen atoms in total. The Bertz CT molecular complexity index is 849. The van der Waals surface area contributed by atoms with Crippen LogP contribution in [0.2, 0.25) is 0 Å². The number of halogens is 1. The summed E-state index contributed by atoms with van der Waals surface area (Å²) < 4.78 is 6.46. The number of carbonyl (C=O) groups is 2. The summed E-state index contributed by atoms with van der Waals surface area (Å²) in [5, 5.41) is 0. The largest absolute Gasteiger partial charge is 0.461 e. The molecule has 2 atom stereocenters. The van der Waals surface area contributed by atoms with Gasteiger partial charge in [-0.3, -0.25) is 14.6 Å². The normalized spacial score (nSPS) is 24.1. The van der Waals surface area contributed by atoms with E-state index in [0.29, 0.717) is 17.7 Å². The highest BCUT2D eigenvalue weighted by molar-refractivity contribution is 14.1. The fourth-order valence-corrected chi connectivity index (χ4v) is 4.37. The zero-order valence-corrected chi connectivity index (χ0v) is 18.1. The molecule has 2 aliphatic rings. The Kier molecular flexibility index (Phi) is 5.70. The van der Waals surface area contributed by atoms with Crippen LogP contribution in [-0.4, -0.2) is 24.1 Å². The van der Waals surface area contributed by atoms with E-state index in [0.717, 1.165) is 21.3 Å². The smallest absolute Gasteiger partial charge is 0.315 e. The fraction of sp³-hybridized carbons (Fsp3) is 0.409. The summed E-state index contributed by atoms with van der Waals surface area (Å²) in [4.78, 5) is 30.6. The van der Waals surface area contributed by atoms with E-state index in [4.69, 9.17) is 9.73 Å². The van der Waals surface area contributed by atoms with Gasteiger partial charge in [0.05, 0.1) is 0 Å². The van der Waals surface area contributed by atoms with Gasteiger partial charge >= 0.3 is 5.97 Å². The van der Waals surface area contributed by atoms with Gasteiger partial charge in [-0.25, -0.2) is 0 Å². The number of rotatable bonds is 4. The molecule has 0 spiro atoms. The molecule has 27 heavy (non-hydrogen) atoms. The Hall–Kier alpha value is -1.76. The molecule has 0 amide bonds. The van der Waals surface area contributed by atoms with Gasteiger partial charge in [-0.1, -0.05) is 38.6 Å². The van der Waals surface area contributed by atoms with Crippen LogP contribution in [0.25, 0.3) is 0 Å². The third-order valence-corrected chi connectivity index (χ3v) is 5.85. The molecule has 3 rings (SSSR count). The third kappa shape index (κ3) is 4.08. The molecule has 1 aromatic rings. The van der Waals surface area contributed by atoms with Crippen LogP contribution >= 0.6 is 22.6 Å². The second-order valence-electron chi connectivity index (χ2n) is 7.98. The molecule has 0 bridgehead atoms. The van der Waals surface area contributed by atoms with E-state index in [9.17, 15) is 9.59 Å². The monoisotopic (exact) mass is 477 g/mol. The highest BCUT2D eigenvalue weighted by Crippen LogP contribution is 2.47. The molecule has 1 aliphatic carbocycles. The van der Waals surface area contributed by atoms with Crippen LogP contribution in [0.3, 0.4) is 0 Å². The van der Waals surface area contributed by atoms with Gasteiger partial charge in [0.1, 0.15) is 12.5 Å². The maximum absolute atomic E-state index is 13.1. The molecule has 0 saturated heterocycles. The summed E-state index contributed by atoms with van der Waals surface area (Å²) in [5.74, 6) is -1.21. The molecule has 142 valence electrons. The number of ether oxygens (including phenoxy) is 1. The van der Waals surface area contributed by atoms with Crippen LogP contribution in [0.15, 0.2) is 53.2 Å². The lowest BCUT2D eigenvalue weighted by atomic mass is 9.67. The van der Waals surface area contributed by atoms with E-state index in [1.54, 1.807) is 6.08 Å². The van der Waals surface area contributed by atoms with Crippen LogP contribution in [-0.2, 0) is 14.3 Å². The molecule has 0 aromatic heterocycles. The second kappa shape index (κ2) is 7.70. The number of hydrogen-bond donors (Lipinski definition) is 0. The molecule has 1 aromatic carbocycles. The quantitative estimate of drug-likeness (QED) is 0.355. The summed E-state index contributed by atoms with van der Waals surface area (Å²) in [6, 6.07) is 7.99. The van der Waals surface area contributed by atoms with Gasteiger partial charge in [0.2, 0.25) is 0 Å². The van der Waals surface area contributed by atoms with E-state index in [1.807, 2.05) is 31.2 Å². The number of nitrogens with zero attached hydrogens (tertiary/aromatic N) is 1. The summed E-state index contributed by atoms with van der Waals surface area (Å²) in [5.41, 5.74) is 3.04. The van der Waals surface area contributed by atoms with Crippen molar-refractivity contribution in [1.29, 1.82) is 0 Å². The van der Waals surface area contributed by atoms with Gasteiger partial charge in [0.25, 0.3) is 0 Å². The van der Waals surface area contributed by atoms with Crippen LogP contribution < -0.4 is 0 Å². The fourth-order valence-electron chi connectivity index (χ4n) is 4.01. The lowest BCUT2D eigenvalue weighted by molar-refractivity contribution is -0.145. The van der Waals surface area contributed by atoms with Gasteiger partial charge in [0, 0.05) is 32.9 Å². The Morgan fingerprint density at radius 1 is 1.33 bits per heavy atom. The van der Waals surface area contributed by atoms with Crippen LogP contribution in [0, 0.1) is 14.9 Å². The number of aliphatic imine (C=N–C) groups is 1. The van der Waals surface area contributed by atoms with Crippen molar-refractivity contribution in [1.82, 2.24) is 0 Å². The molecule has 1 heterocycles. The third-order valence-electron chi connectivity index (χ3n) is 5.13. The van der Waals surface area contributed by atoms with E-state index < -0.39 is 5.92 Å². The second-order valence-corrected chi connectivity index (χ2v) is 9.23. The minimum absolute atomic E-state index is 0.0857. The SMILES string of the molecule is C=CCOC(=O)C1C(C)=NC2=C(C(=O)CC(C)(C)C2)[C@H]1c1ccc(I)cc1. The van der Waals surface area contributed by atoms with Gasteiger partial charge in [0.15, 0.2) is 5.78 Å². The summed E-state index contributed by atoms with van der Waals surface area (Å²) in [7, 11) is 0. The van der Waals surface area contributed by atoms with E-state index in [-0.39, 0.29) is 29.7 Å². The maximum atomic E-state index is 13.1. The topological polar surface area (TPSA) is 55.7 Å². The number of benzene rings is 1. The average molecular weight is 477 g/mol. The molecule has 1 unspecified atom stereocenters. The molecule has 0 fully saturated rings. The lowest BCUT2D eigenvalue weighted by Crippen LogP contribution is -2.39. The van der Waals surface area contributed by atoms with Gasteiger partial charge in [-0.15, -0.1) is 0 Å². The number of esters is 1. The first-order valence-corrected chi connectivity index (χ1v) is 10.2. The first kappa shape index (κ1) is 20.0. The van der Waals surface area contributed by atoms with Gasteiger partial charge in [-0.2, -0.15) is 0 Å². The molecule has 5 heteroatoms. The number of allylic oxidation sites excluding steroid dienone is 2. The lowest BCUT2D eigenvalue weighted by Gasteiger charge is -2.39. The van der Waals surface area contributed by atoms with Crippen molar-refractivity contribution >= 4 is 40.1 Å². The van der Waals surface area contributed by atoms with Crippen molar-refractivity contribution in [2.45, 2.75) is 39.5 Å². The van der Waals surface area contributed by atoms with Crippen molar-refractivity contribution in [2.24, 2.45) is 16.3 Å². The predicted molar refractivity (Wildman–Crippen MR) is 115 cm³/mol. The molecule has 0 radical (unpaired) electrons. The van der Waals surface area contributed by atoms with E-state index in [2.05, 4.69) is 43.0 Å². The zero-order valence-electron chi connectivity index (χ0n) is 15.9. The van der Waals surface area contributed by atoms with E-state index >= 15 is 0 Å². The summed E-state index contributed by atoms with van der Waals surface area (Å²) in [6.07, 6.45) is 2.75. The standard InChI is InChI=1S/C22H24INO3/c1-5-10-27-21(26)18-13(2)24-16-11-22(3,4)12-17(25)20(16)19(18)14-6-8-15(23)9-7-14/h5-9,18-19H,1,10-12H2,2-4H3/t18?,19-/m0/s1. The van der Waals surface area contributed by atoms with Crippen molar-refractivity contribution < 1.29 is 14.3 Å². The molecule has 1 aliphatic heterocycles. The van der Waals surface area contributed by atoms with Crippen molar-refractivity contribution in [2.75, 3.05) is 6.61 Å². The Morgan fingerprint density at radius 2 is 2.00 bits per heavy atom. The minimum Gasteiger partial charge on any atom is -0.461 e. The minimum atomic E-state index is -0.589. The first-order chi connectivity index (χ1) is 12.7. The first-order valence-electron chi connectivity index (χ1n) is 9.08. The van der Waals surface area contributed by atoms with Crippen LogP contribution in [0.1, 0.15) is 45.1 Å². The number of carbonyl (C=O) groups excluding carboxylic acids is 2. The maximum Gasteiger partial charge on any atom is 0.315 e. The van der Waals surface area contributed by atoms with Crippen molar-refractivity contribution in [3.63, 3.8) is 0 Å². The molecule has 0 N–H and O–H groups in total. The van der Waals surface area contributed by atoms with Crippen LogP contribution in [0.4, 0.5) is 0 Å². The highest BCUT2D eigenvalue weighted by atomic mass is 127. The van der Waals surface area contributed by atoms with Crippen molar-refractivity contribution in [3.05, 3.63) is 57.3 Å². The Balaban J connectivity index is 2.13. The predicted octanol–water partition coefficient (Wildman–Crippen LogP) is 4.84. The van der Waals surface area contributed by atoms with Crippen LogP contribution in [0.5, 0.6) is 0 Å². The summed E-state index contributed by atoms with van der Waals surface area (Å²) >= 11 is 2.25. The molecular weight excluding hydrogens is 453 g/mol. The Morgan fingerprint density at radius 3 is 2.63 bits per heavy atom. The van der Waals surface area contributed by atoms with Gasteiger partial charge < -0.3 is 4.74 Å². The number of hydrogen-bond acceptors (Lipinski definition) is 4. The van der Waals surface area contributed by atoms with Crippen molar-refractivity contribution in [3.8, 4) is 0 Å². The summed E-state index contributed by atoms with van der Waals surface area (Å²) in [6.45, 7) is 9.78. The number of Topliss-reactive ketones (excluding diaryl/α,β-unsaturated/α-hetero) is 1. The highest BCUT2D eigenvalue weighted by Gasteiger charge is 2.45. The van der Waals surface area contributed by atoms with E-state index in [1.165, 1.54) is 0 Å². The number of ketones is 1. The zero-order chi connectivity index (χ0) is 19.8. The average Bonchev–Trinajstić information content (AvgIpc) is 2.58. The molecule has 0 saturated carbocycles.